The van der Waals surface area contributed by atoms with E-state index >= 15 is 0 Å². The van der Waals surface area contributed by atoms with Gasteiger partial charge in [0, 0.05) is 40.8 Å². The molecular weight excluding hydrogens is 290 g/mol. The van der Waals surface area contributed by atoms with Crippen LogP contribution in [0.1, 0.15) is 13.8 Å². The Hall–Kier alpha value is -2.15. The molecule has 0 atom stereocenters. The summed E-state index contributed by atoms with van der Waals surface area (Å²) in [6, 6.07) is 2.07. The molecular formula is C14H15N3O3S. The molecule has 2 aromatic heterocycles. The number of methoxy groups -OCH3 is 1. The summed E-state index contributed by atoms with van der Waals surface area (Å²) in [6.45, 7) is 3.32. The van der Waals surface area contributed by atoms with Gasteiger partial charge in [-0.1, -0.05) is 0 Å². The van der Waals surface area contributed by atoms with Crippen molar-refractivity contribution in [2.24, 2.45) is 0 Å². The predicted molar refractivity (Wildman–Crippen MR) is 79.4 cm³/mol. The minimum atomic E-state index is -0.941. The average molecular weight is 305 g/mol. The van der Waals surface area contributed by atoms with Crippen molar-refractivity contribution >= 4 is 17.7 Å². The SMILES string of the molecule is COc1ncc(-c2cnccc2SC(C)(C)C(=O)O)cn1. The smallest absolute Gasteiger partial charge is 0.319 e. The maximum Gasteiger partial charge on any atom is 0.319 e. The number of ether oxygens (including phenoxy) is 1. The molecule has 0 spiro atoms. The summed E-state index contributed by atoms with van der Waals surface area (Å²) in [4.78, 5) is 24.3. The van der Waals surface area contributed by atoms with E-state index < -0.39 is 10.7 Å². The van der Waals surface area contributed by atoms with Crippen LogP contribution in [-0.4, -0.2) is 37.9 Å². The minimum absolute atomic E-state index is 0.280. The number of carboxylic acid groups (broad SMARTS) is 1. The fraction of sp³-hybridized carbons (Fsp3) is 0.286. The van der Waals surface area contributed by atoms with Gasteiger partial charge in [-0.15, -0.1) is 11.8 Å². The first kappa shape index (κ1) is 15.2. The van der Waals surface area contributed by atoms with E-state index in [9.17, 15) is 9.90 Å². The van der Waals surface area contributed by atoms with Crippen molar-refractivity contribution in [2.45, 2.75) is 23.5 Å². The molecule has 6 nitrogen and oxygen atoms in total. The third-order valence-corrected chi connectivity index (χ3v) is 4.04. The molecule has 0 bridgehead atoms. The Morgan fingerprint density at radius 2 is 1.95 bits per heavy atom. The van der Waals surface area contributed by atoms with Crippen molar-refractivity contribution in [3.05, 3.63) is 30.9 Å². The van der Waals surface area contributed by atoms with Gasteiger partial charge in [0.1, 0.15) is 4.75 Å². The highest BCUT2D eigenvalue weighted by Gasteiger charge is 2.29. The van der Waals surface area contributed by atoms with E-state index in [1.165, 1.54) is 18.9 Å². The van der Waals surface area contributed by atoms with Crippen LogP contribution in [0.25, 0.3) is 11.1 Å². The Bertz CT molecular complexity index is 644. The summed E-state index contributed by atoms with van der Waals surface area (Å²) in [5.74, 6) is -0.874. The zero-order valence-electron chi connectivity index (χ0n) is 11.9. The van der Waals surface area contributed by atoms with E-state index in [1.807, 2.05) is 0 Å². The van der Waals surface area contributed by atoms with E-state index in [0.717, 1.165) is 16.0 Å². The van der Waals surface area contributed by atoms with Crippen LogP contribution in [0.15, 0.2) is 35.7 Å². The van der Waals surface area contributed by atoms with Gasteiger partial charge in [-0.2, -0.15) is 0 Å². The average Bonchev–Trinajstić information content (AvgIpc) is 2.47. The van der Waals surface area contributed by atoms with Crippen molar-refractivity contribution in [1.29, 1.82) is 0 Å². The number of carboxylic acids is 1. The zero-order chi connectivity index (χ0) is 15.5. The largest absolute Gasteiger partial charge is 0.480 e. The van der Waals surface area contributed by atoms with E-state index in [-0.39, 0.29) is 6.01 Å². The van der Waals surface area contributed by atoms with Crippen LogP contribution in [0.3, 0.4) is 0 Å². The van der Waals surface area contributed by atoms with Crippen LogP contribution in [-0.2, 0) is 4.79 Å². The fourth-order valence-electron chi connectivity index (χ4n) is 1.57. The molecule has 0 aliphatic rings. The lowest BCUT2D eigenvalue weighted by Crippen LogP contribution is -2.27. The summed E-state index contributed by atoms with van der Waals surface area (Å²) < 4.78 is 3.99. The van der Waals surface area contributed by atoms with Crippen LogP contribution < -0.4 is 4.74 Å². The monoisotopic (exact) mass is 305 g/mol. The lowest BCUT2D eigenvalue weighted by molar-refractivity contribution is -0.138. The van der Waals surface area contributed by atoms with Crippen molar-refractivity contribution in [3.8, 4) is 17.1 Å². The second kappa shape index (κ2) is 6.09. The second-order valence-electron chi connectivity index (χ2n) is 4.75. The normalized spacial score (nSPS) is 11.2. The molecule has 2 heterocycles. The van der Waals surface area contributed by atoms with Crippen LogP contribution in [0.2, 0.25) is 0 Å². The molecule has 2 aromatic rings. The van der Waals surface area contributed by atoms with E-state index in [2.05, 4.69) is 15.0 Å². The molecule has 1 N–H and O–H groups in total. The summed E-state index contributed by atoms with van der Waals surface area (Å²) in [7, 11) is 1.50. The van der Waals surface area contributed by atoms with Crippen LogP contribution in [0.5, 0.6) is 6.01 Å². The molecule has 7 heteroatoms. The van der Waals surface area contributed by atoms with Crippen molar-refractivity contribution in [3.63, 3.8) is 0 Å². The molecule has 110 valence electrons. The summed E-state index contributed by atoms with van der Waals surface area (Å²) in [5, 5.41) is 9.25. The zero-order valence-corrected chi connectivity index (χ0v) is 12.7. The molecule has 0 amide bonds. The number of aliphatic carboxylic acids is 1. The molecule has 0 aliphatic carbocycles. The van der Waals surface area contributed by atoms with Crippen molar-refractivity contribution in [1.82, 2.24) is 15.0 Å². The number of thioether (sulfide) groups is 1. The number of hydrogen-bond donors (Lipinski definition) is 1. The first-order valence-electron chi connectivity index (χ1n) is 6.17. The third kappa shape index (κ3) is 3.49. The fourth-order valence-corrected chi connectivity index (χ4v) is 2.61. The Morgan fingerprint density at radius 1 is 1.29 bits per heavy atom. The molecule has 0 aliphatic heterocycles. The third-order valence-electron chi connectivity index (χ3n) is 2.78. The number of hydrogen-bond acceptors (Lipinski definition) is 6. The highest BCUT2D eigenvalue weighted by molar-refractivity contribution is 8.01. The number of nitrogens with zero attached hydrogens (tertiary/aromatic N) is 3. The number of carbonyl (C=O) groups is 1. The lowest BCUT2D eigenvalue weighted by Gasteiger charge is -2.20. The Labute approximate surface area is 126 Å². The molecule has 0 unspecified atom stereocenters. The predicted octanol–water partition coefficient (Wildman–Crippen LogP) is 2.50. The van der Waals surface area contributed by atoms with Crippen LogP contribution >= 0.6 is 11.8 Å². The second-order valence-corrected chi connectivity index (χ2v) is 6.41. The number of pyridine rings is 1. The van der Waals surface area contributed by atoms with Gasteiger partial charge in [0.25, 0.3) is 0 Å². The molecule has 21 heavy (non-hydrogen) atoms. The van der Waals surface area contributed by atoms with Gasteiger partial charge < -0.3 is 9.84 Å². The minimum Gasteiger partial charge on any atom is -0.480 e. The summed E-state index contributed by atoms with van der Waals surface area (Å²) in [5.41, 5.74) is 1.55. The molecule has 0 aromatic carbocycles. The van der Waals surface area contributed by atoms with Crippen LogP contribution in [0.4, 0.5) is 0 Å². The summed E-state index contributed by atoms with van der Waals surface area (Å²) in [6.07, 6.45) is 6.56. The van der Waals surface area contributed by atoms with E-state index in [4.69, 9.17) is 4.74 Å². The van der Waals surface area contributed by atoms with Gasteiger partial charge in [-0.3, -0.25) is 9.78 Å². The lowest BCUT2D eigenvalue weighted by atomic mass is 10.1. The first-order chi connectivity index (χ1) is 9.94. The van der Waals surface area contributed by atoms with Gasteiger partial charge >= 0.3 is 12.0 Å². The highest BCUT2D eigenvalue weighted by atomic mass is 32.2. The maximum absolute atomic E-state index is 11.3. The molecule has 0 fully saturated rings. The number of rotatable bonds is 5. The Kier molecular flexibility index (Phi) is 4.42. The Morgan fingerprint density at radius 3 is 2.52 bits per heavy atom. The van der Waals surface area contributed by atoms with Crippen molar-refractivity contribution in [2.75, 3.05) is 7.11 Å². The quantitative estimate of drug-likeness (QED) is 0.849. The molecule has 0 saturated carbocycles. The van der Waals surface area contributed by atoms with Gasteiger partial charge in [0.15, 0.2) is 0 Å². The van der Waals surface area contributed by atoms with Crippen molar-refractivity contribution < 1.29 is 14.6 Å². The number of aromatic nitrogens is 3. The van der Waals surface area contributed by atoms with Crippen LogP contribution in [0, 0.1) is 0 Å². The van der Waals surface area contributed by atoms with Gasteiger partial charge in [0.05, 0.1) is 7.11 Å². The molecule has 0 saturated heterocycles. The maximum atomic E-state index is 11.3. The van der Waals surface area contributed by atoms with E-state index in [1.54, 1.807) is 44.7 Å². The Balaban J connectivity index is 2.38. The highest BCUT2D eigenvalue weighted by Crippen LogP contribution is 2.38. The van der Waals surface area contributed by atoms with E-state index in [0.29, 0.717) is 0 Å². The topological polar surface area (TPSA) is 85.2 Å². The van der Waals surface area contributed by atoms with Gasteiger partial charge in [-0.25, -0.2) is 9.97 Å². The molecule has 0 radical (unpaired) electrons. The van der Waals surface area contributed by atoms with Gasteiger partial charge in [-0.05, 0) is 19.9 Å². The molecule has 2 rings (SSSR count). The van der Waals surface area contributed by atoms with Gasteiger partial charge in [0.2, 0.25) is 0 Å². The first-order valence-corrected chi connectivity index (χ1v) is 6.98. The summed E-state index contributed by atoms with van der Waals surface area (Å²) >= 11 is 1.26. The standard InChI is InChI=1S/C14H15N3O3S/c1-14(2,12(18)19)21-11-4-5-15-8-10(11)9-6-16-13(20-3)17-7-9/h4-8H,1-3H3,(H,18,19).